The number of nitrogens with two attached hydrogens (primary N) is 1. The maximum Gasteiger partial charge on any atom is 0.246 e. The molecule has 1 atom stereocenters. The van der Waals surface area contributed by atoms with E-state index in [9.17, 15) is 19.5 Å². The Morgan fingerprint density at radius 3 is 2.53 bits per heavy atom. The standard InChI is InChI=1S/C23H36N4O4S/c1-23(2,24)11-5-8-20(29)25(3)16-21(30)26(4)19(15-18-7-6-14-32-18)22(31)27-12-9-17(28)10-13-27/h5-8,14,17,19,28H,9-13,15-16,24H2,1-4H3/b8-5+. The number of thiophene rings is 1. The summed E-state index contributed by atoms with van der Waals surface area (Å²) in [6.07, 6.45) is 4.79. The minimum atomic E-state index is -0.659. The zero-order valence-corrected chi connectivity index (χ0v) is 20.3. The van der Waals surface area contributed by atoms with E-state index in [1.807, 2.05) is 31.4 Å². The Hall–Kier alpha value is -2.23. The minimum absolute atomic E-state index is 0.125. The van der Waals surface area contributed by atoms with E-state index in [2.05, 4.69) is 0 Å². The molecule has 1 aliphatic heterocycles. The Balaban J connectivity index is 2.05. The summed E-state index contributed by atoms with van der Waals surface area (Å²) in [4.78, 5) is 44.1. The lowest BCUT2D eigenvalue weighted by atomic mass is 10.0. The van der Waals surface area contributed by atoms with Crippen LogP contribution in [-0.4, -0.2) is 88.9 Å². The van der Waals surface area contributed by atoms with Crippen molar-refractivity contribution in [2.24, 2.45) is 5.73 Å². The highest BCUT2D eigenvalue weighted by Crippen LogP contribution is 2.19. The molecule has 1 fully saturated rings. The molecule has 2 heterocycles. The van der Waals surface area contributed by atoms with Gasteiger partial charge in [-0.2, -0.15) is 0 Å². The molecule has 1 saturated heterocycles. The molecule has 0 bridgehead atoms. The number of carbonyl (C=O) groups excluding carboxylic acids is 3. The van der Waals surface area contributed by atoms with Crippen LogP contribution in [0.1, 0.15) is 38.0 Å². The predicted molar refractivity (Wildman–Crippen MR) is 126 cm³/mol. The van der Waals surface area contributed by atoms with Crippen LogP contribution in [0.5, 0.6) is 0 Å². The molecule has 1 aliphatic rings. The summed E-state index contributed by atoms with van der Waals surface area (Å²) >= 11 is 1.54. The van der Waals surface area contributed by atoms with Crippen molar-refractivity contribution < 1.29 is 19.5 Å². The molecule has 0 saturated carbocycles. The van der Waals surface area contributed by atoms with E-state index in [-0.39, 0.29) is 30.4 Å². The molecule has 0 spiro atoms. The number of likely N-dealkylation sites (tertiary alicyclic amines) is 1. The molecule has 1 unspecified atom stereocenters. The molecule has 0 aromatic carbocycles. The van der Waals surface area contributed by atoms with Gasteiger partial charge in [0, 0.05) is 44.0 Å². The maximum atomic E-state index is 13.3. The second-order valence-electron chi connectivity index (χ2n) is 9.15. The van der Waals surface area contributed by atoms with Crippen LogP contribution in [-0.2, 0) is 20.8 Å². The third-order valence-electron chi connectivity index (χ3n) is 5.55. The first-order valence-electron chi connectivity index (χ1n) is 10.9. The van der Waals surface area contributed by atoms with Crippen LogP contribution >= 0.6 is 11.3 Å². The van der Waals surface area contributed by atoms with Crippen LogP contribution < -0.4 is 5.73 Å². The second kappa shape index (κ2) is 11.6. The topological polar surface area (TPSA) is 107 Å². The van der Waals surface area contributed by atoms with Gasteiger partial charge in [-0.3, -0.25) is 14.4 Å². The molecule has 0 radical (unpaired) electrons. The fourth-order valence-corrected chi connectivity index (χ4v) is 4.21. The summed E-state index contributed by atoms with van der Waals surface area (Å²) in [5.74, 6) is -0.720. The maximum absolute atomic E-state index is 13.3. The van der Waals surface area contributed by atoms with E-state index < -0.39 is 11.6 Å². The number of rotatable bonds is 9. The van der Waals surface area contributed by atoms with Gasteiger partial charge in [0.2, 0.25) is 17.7 Å². The Kier molecular flexibility index (Phi) is 9.42. The van der Waals surface area contributed by atoms with E-state index >= 15 is 0 Å². The molecule has 8 nitrogen and oxygen atoms in total. The molecule has 9 heteroatoms. The number of hydrogen-bond acceptors (Lipinski definition) is 6. The van der Waals surface area contributed by atoms with Crippen molar-refractivity contribution >= 4 is 29.1 Å². The van der Waals surface area contributed by atoms with Crippen molar-refractivity contribution in [3.63, 3.8) is 0 Å². The van der Waals surface area contributed by atoms with Gasteiger partial charge >= 0.3 is 0 Å². The molecule has 1 aromatic rings. The SMILES string of the molecule is CN(CC(=O)N(C)C(Cc1cccs1)C(=O)N1CCC(O)CC1)C(=O)/C=C/CC(C)(C)N. The van der Waals surface area contributed by atoms with E-state index in [0.29, 0.717) is 38.8 Å². The zero-order chi connectivity index (χ0) is 23.9. The van der Waals surface area contributed by atoms with Gasteiger partial charge in [0.25, 0.3) is 0 Å². The van der Waals surface area contributed by atoms with Crippen LogP contribution in [0.4, 0.5) is 0 Å². The Labute approximate surface area is 194 Å². The van der Waals surface area contributed by atoms with Gasteiger partial charge in [-0.05, 0) is 50.6 Å². The number of aliphatic hydroxyl groups is 1. The van der Waals surface area contributed by atoms with Crippen LogP contribution in [0.15, 0.2) is 29.7 Å². The van der Waals surface area contributed by atoms with Gasteiger partial charge in [-0.25, -0.2) is 0 Å². The summed E-state index contributed by atoms with van der Waals surface area (Å²) in [7, 11) is 3.18. The minimum Gasteiger partial charge on any atom is -0.393 e. The number of aliphatic hydroxyl groups excluding tert-OH is 1. The smallest absolute Gasteiger partial charge is 0.246 e. The zero-order valence-electron chi connectivity index (χ0n) is 19.5. The van der Waals surface area contributed by atoms with Gasteiger partial charge in [-0.15, -0.1) is 11.3 Å². The Morgan fingerprint density at radius 2 is 1.97 bits per heavy atom. The summed E-state index contributed by atoms with van der Waals surface area (Å²) in [6, 6.07) is 3.21. The summed E-state index contributed by atoms with van der Waals surface area (Å²) < 4.78 is 0. The first-order chi connectivity index (χ1) is 15.0. The first-order valence-corrected chi connectivity index (χ1v) is 11.8. The molecule has 0 aliphatic carbocycles. The van der Waals surface area contributed by atoms with Crippen LogP contribution in [0.3, 0.4) is 0 Å². The fourth-order valence-electron chi connectivity index (χ4n) is 3.46. The number of likely N-dealkylation sites (N-methyl/N-ethyl adjacent to an activating group) is 2. The van der Waals surface area contributed by atoms with E-state index in [1.54, 1.807) is 36.4 Å². The summed E-state index contributed by atoms with van der Waals surface area (Å²) in [5.41, 5.74) is 5.51. The van der Waals surface area contributed by atoms with Crippen molar-refractivity contribution in [2.75, 3.05) is 33.7 Å². The van der Waals surface area contributed by atoms with Gasteiger partial charge in [0.05, 0.1) is 12.6 Å². The van der Waals surface area contributed by atoms with Crippen LogP contribution in [0, 0.1) is 0 Å². The first kappa shape index (κ1) is 26.0. The highest BCUT2D eigenvalue weighted by molar-refractivity contribution is 7.09. The highest BCUT2D eigenvalue weighted by Gasteiger charge is 2.33. The second-order valence-corrected chi connectivity index (χ2v) is 10.2. The van der Waals surface area contributed by atoms with Gasteiger partial charge in [0.1, 0.15) is 6.04 Å². The van der Waals surface area contributed by atoms with Crippen molar-refractivity contribution in [3.8, 4) is 0 Å². The third-order valence-corrected chi connectivity index (χ3v) is 6.45. The van der Waals surface area contributed by atoms with Gasteiger partial charge in [0.15, 0.2) is 0 Å². The molecular formula is C23H36N4O4S. The van der Waals surface area contributed by atoms with E-state index in [1.165, 1.54) is 15.9 Å². The normalized spacial score (nSPS) is 16.2. The molecule has 1 aromatic heterocycles. The van der Waals surface area contributed by atoms with Crippen molar-refractivity contribution in [1.29, 1.82) is 0 Å². The van der Waals surface area contributed by atoms with Crippen molar-refractivity contribution in [1.82, 2.24) is 14.7 Å². The summed E-state index contributed by atoms with van der Waals surface area (Å²) in [6.45, 7) is 4.57. The van der Waals surface area contributed by atoms with Crippen LogP contribution in [0.25, 0.3) is 0 Å². The molecule has 2 rings (SSSR count). The largest absolute Gasteiger partial charge is 0.393 e. The third kappa shape index (κ3) is 8.03. The predicted octanol–water partition coefficient (Wildman–Crippen LogP) is 1.24. The number of nitrogens with zero attached hydrogens (tertiary/aromatic N) is 3. The van der Waals surface area contributed by atoms with Gasteiger partial charge in [-0.1, -0.05) is 12.1 Å². The number of amides is 3. The average molecular weight is 465 g/mol. The van der Waals surface area contributed by atoms with Crippen LogP contribution in [0.2, 0.25) is 0 Å². The number of piperidine rings is 1. The van der Waals surface area contributed by atoms with E-state index in [0.717, 1.165) is 4.88 Å². The molecule has 3 amide bonds. The molecule has 32 heavy (non-hydrogen) atoms. The number of carbonyl (C=O) groups is 3. The average Bonchev–Trinajstić information content (AvgIpc) is 3.23. The van der Waals surface area contributed by atoms with Gasteiger partial charge < -0.3 is 25.5 Å². The lowest BCUT2D eigenvalue weighted by Gasteiger charge is -2.36. The Morgan fingerprint density at radius 1 is 1.31 bits per heavy atom. The monoisotopic (exact) mass is 464 g/mol. The number of hydrogen-bond donors (Lipinski definition) is 2. The van der Waals surface area contributed by atoms with E-state index in [4.69, 9.17) is 5.73 Å². The highest BCUT2D eigenvalue weighted by atomic mass is 32.1. The molecular weight excluding hydrogens is 428 g/mol. The summed E-state index contributed by atoms with van der Waals surface area (Å²) in [5, 5.41) is 11.7. The Bertz CT molecular complexity index is 795. The lowest BCUT2D eigenvalue weighted by Crippen LogP contribution is -2.54. The molecule has 3 N–H and O–H groups in total. The molecule has 178 valence electrons. The van der Waals surface area contributed by atoms with Crippen molar-refractivity contribution in [2.45, 2.75) is 57.2 Å². The quantitative estimate of drug-likeness (QED) is 0.535. The van der Waals surface area contributed by atoms with Crippen molar-refractivity contribution in [3.05, 3.63) is 34.5 Å². The lowest BCUT2D eigenvalue weighted by molar-refractivity contribution is -0.147. The fraction of sp³-hybridized carbons (Fsp3) is 0.609.